The zero-order valence-corrected chi connectivity index (χ0v) is 12.7. The van der Waals surface area contributed by atoms with E-state index in [9.17, 15) is 14.0 Å². The number of carbonyl (C=O) groups excluding carboxylic acids is 2. The molecule has 1 saturated heterocycles. The Morgan fingerprint density at radius 2 is 2.20 bits per heavy atom. The second kappa shape index (κ2) is 6.35. The van der Waals surface area contributed by atoms with E-state index in [2.05, 4.69) is 21.2 Å². The van der Waals surface area contributed by atoms with Gasteiger partial charge in [0.2, 0.25) is 11.8 Å². The summed E-state index contributed by atoms with van der Waals surface area (Å²) in [4.78, 5) is 25.5. The van der Waals surface area contributed by atoms with Gasteiger partial charge in [-0.25, -0.2) is 4.39 Å². The Balaban J connectivity index is 2.20. The van der Waals surface area contributed by atoms with Crippen molar-refractivity contribution in [3.05, 3.63) is 34.1 Å². The highest BCUT2D eigenvalue weighted by Gasteiger charge is 2.33. The van der Waals surface area contributed by atoms with Crippen LogP contribution in [0.2, 0.25) is 0 Å². The largest absolute Gasteiger partial charge is 0.345 e. The normalized spacial score (nSPS) is 19.1. The van der Waals surface area contributed by atoms with Crippen molar-refractivity contribution in [2.75, 3.05) is 6.54 Å². The molecule has 1 unspecified atom stereocenters. The summed E-state index contributed by atoms with van der Waals surface area (Å²) >= 11 is 3.13. The maximum atomic E-state index is 13.2. The summed E-state index contributed by atoms with van der Waals surface area (Å²) < 4.78 is 13.6. The van der Waals surface area contributed by atoms with Gasteiger partial charge in [-0.2, -0.15) is 0 Å². The van der Waals surface area contributed by atoms with Crippen molar-refractivity contribution in [1.82, 2.24) is 10.2 Å². The summed E-state index contributed by atoms with van der Waals surface area (Å²) in [6.07, 6.45) is 1.44. The van der Waals surface area contributed by atoms with Crippen molar-refractivity contribution in [3.63, 3.8) is 0 Å². The van der Waals surface area contributed by atoms with Crippen molar-refractivity contribution in [1.29, 1.82) is 0 Å². The fraction of sp³-hybridized carbons (Fsp3) is 0.429. The van der Waals surface area contributed by atoms with Crippen LogP contribution in [-0.4, -0.2) is 29.3 Å². The Morgan fingerprint density at radius 3 is 2.85 bits per heavy atom. The van der Waals surface area contributed by atoms with Gasteiger partial charge in [0.05, 0.1) is 11.0 Å². The first-order valence-corrected chi connectivity index (χ1v) is 7.33. The molecule has 6 heteroatoms. The number of nitrogens with zero attached hydrogens (tertiary/aromatic N) is 1. The van der Waals surface area contributed by atoms with Gasteiger partial charge in [0.1, 0.15) is 11.9 Å². The van der Waals surface area contributed by atoms with Gasteiger partial charge in [-0.05, 0) is 40.0 Å². The van der Waals surface area contributed by atoms with E-state index in [-0.39, 0.29) is 24.2 Å². The van der Waals surface area contributed by atoms with E-state index in [4.69, 9.17) is 0 Å². The molecule has 0 aliphatic carbocycles. The van der Waals surface area contributed by atoms with Crippen molar-refractivity contribution >= 4 is 27.7 Å². The predicted octanol–water partition coefficient (Wildman–Crippen LogP) is 2.22. The van der Waals surface area contributed by atoms with E-state index < -0.39 is 6.04 Å². The number of benzene rings is 1. The number of piperazine rings is 1. The van der Waals surface area contributed by atoms with Crippen molar-refractivity contribution in [2.45, 2.75) is 32.4 Å². The van der Waals surface area contributed by atoms with Crippen molar-refractivity contribution < 1.29 is 14.0 Å². The molecule has 0 radical (unpaired) electrons. The molecule has 1 aromatic carbocycles. The van der Waals surface area contributed by atoms with E-state index in [0.29, 0.717) is 17.4 Å². The quantitative estimate of drug-likeness (QED) is 0.911. The van der Waals surface area contributed by atoms with Crippen LogP contribution < -0.4 is 5.32 Å². The molecule has 1 aliphatic heterocycles. The van der Waals surface area contributed by atoms with Gasteiger partial charge < -0.3 is 10.2 Å². The molecule has 1 N–H and O–H groups in total. The first-order valence-electron chi connectivity index (χ1n) is 6.54. The van der Waals surface area contributed by atoms with Crippen LogP contribution in [0.3, 0.4) is 0 Å². The summed E-state index contributed by atoms with van der Waals surface area (Å²) in [5, 5.41) is 2.60. The molecule has 2 rings (SSSR count). The Hall–Kier alpha value is -1.43. The van der Waals surface area contributed by atoms with E-state index in [1.807, 2.05) is 6.92 Å². The molecule has 108 valence electrons. The molecule has 20 heavy (non-hydrogen) atoms. The van der Waals surface area contributed by atoms with E-state index in [0.717, 1.165) is 12.0 Å². The fourth-order valence-electron chi connectivity index (χ4n) is 2.29. The summed E-state index contributed by atoms with van der Waals surface area (Å²) in [6, 6.07) is 4.18. The molecule has 0 bridgehead atoms. The second-order valence-corrected chi connectivity index (χ2v) is 5.65. The van der Waals surface area contributed by atoms with Crippen LogP contribution in [0.15, 0.2) is 22.7 Å². The SMILES string of the molecule is CCCC1C(=O)NCC(=O)N1Cc1ccc(F)c(Br)c1. The molecular formula is C14H16BrFN2O2. The topological polar surface area (TPSA) is 49.4 Å². The number of carbonyl (C=O) groups is 2. The minimum absolute atomic E-state index is 0.0292. The van der Waals surface area contributed by atoms with Crippen molar-refractivity contribution in [2.24, 2.45) is 0 Å². The van der Waals surface area contributed by atoms with Crippen LogP contribution in [0.5, 0.6) is 0 Å². The van der Waals surface area contributed by atoms with E-state index in [1.54, 1.807) is 17.0 Å². The lowest BCUT2D eigenvalue weighted by molar-refractivity contribution is -0.146. The maximum Gasteiger partial charge on any atom is 0.243 e. The number of hydrogen-bond acceptors (Lipinski definition) is 2. The monoisotopic (exact) mass is 342 g/mol. The third kappa shape index (κ3) is 3.17. The van der Waals surface area contributed by atoms with Gasteiger partial charge in [-0.1, -0.05) is 19.4 Å². The molecule has 1 fully saturated rings. The molecule has 1 aliphatic rings. The lowest BCUT2D eigenvalue weighted by Gasteiger charge is -2.35. The van der Waals surface area contributed by atoms with Crippen molar-refractivity contribution in [3.8, 4) is 0 Å². The summed E-state index contributed by atoms with van der Waals surface area (Å²) in [5.41, 5.74) is 0.794. The standard InChI is InChI=1S/C14H16BrFN2O2/c1-2-3-12-14(20)17-7-13(19)18(12)8-9-4-5-11(16)10(15)6-9/h4-6,12H,2-3,7-8H2,1H3,(H,17,20). The van der Waals surface area contributed by atoms with Crippen LogP contribution in [0, 0.1) is 5.82 Å². The maximum absolute atomic E-state index is 13.2. The van der Waals surface area contributed by atoms with Crippen LogP contribution in [0.1, 0.15) is 25.3 Å². The molecule has 1 aromatic rings. The first kappa shape index (κ1) is 15.0. The number of halogens is 2. The van der Waals surface area contributed by atoms with Gasteiger partial charge >= 0.3 is 0 Å². The average molecular weight is 343 g/mol. The molecule has 0 aromatic heterocycles. The lowest BCUT2D eigenvalue weighted by Crippen LogP contribution is -2.57. The third-order valence-corrected chi connectivity index (χ3v) is 3.92. The molecule has 0 spiro atoms. The highest BCUT2D eigenvalue weighted by molar-refractivity contribution is 9.10. The van der Waals surface area contributed by atoms with Gasteiger partial charge in [-0.3, -0.25) is 9.59 Å². The Labute approximate surface area is 125 Å². The van der Waals surface area contributed by atoms with Gasteiger partial charge in [0.15, 0.2) is 0 Å². The van der Waals surface area contributed by atoms with Crippen LogP contribution in [0.25, 0.3) is 0 Å². The molecule has 2 amide bonds. The van der Waals surface area contributed by atoms with Crippen LogP contribution in [-0.2, 0) is 16.1 Å². The third-order valence-electron chi connectivity index (χ3n) is 3.31. The first-order chi connectivity index (χ1) is 9.52. The molecule has 4 nitrogen and oxygen atoms in total. The summed E-state index contributed by atoms with van der Waals surface area (Å²) in [5.74, 6) is -0.572. The van der Waals surface area contributed by atoms with E-state index in [1.165, 1.54) is 6.07 Å². The number of rotatable bonds is 4. The van der Waals surface area contributed by atoms with Crippen LogP contribution in [0.4, 0.5) is 4.39 Å². The lowest BCUT2D eigenvalue weighted by atomic mass is 10.1. The Morgan fingerprint density at radius 1 is 1.45 bits per heavy atom. The highest BCUT2D eigenvalue weighted by Crippen LogP contribution is 2.20. The smallest absolute Gasteiger partial charge is 0.243 e. The Bertz CT molecular complexity index is 536. The van der Waals surface area contributed by atoms with Gasteiger partial charge in [0.25, 0.3) is 0 Å². The molecule has 1 atom stereocenters. The molecule has 1 heterocycles. The van der Waals surface area contributed by atoms with Gasteiger partial charge in [0, 0.05) is 6.54 Å². The minimum atomic E-state index is -0.440. The Kier molecular flexibility index (Phi) is 4.75. The number of hydrogen-bond donors (Lipinski definition) is 1. The second-order valence-electron chi connectivity index (χ2n) is 4.79. The van der Waals surface area contributed by atoms with Gasteiger partial charge in [-0.15, -0.1) is 0 Å². The molecular weight excluding hydrogens is 327 g/mol. The minimum Gasteiger partial charge on any atom is -0.345 e. The number of amides is 2. The van der Waals surface area contributed by atoms with E-state index >= 15 is 0 Å². The summed E-state index contributed by atoms with van der Waals surface area (Å²) in [6.45, 7) is 2.32. The average Bonchev–Trinajstić information content (AvgIpc) is 2.42. The molecule has 0 saturated carbocycles. The zero-order valence-electron chi connectivity index (χ0n) is 11.2. The number of nitrogens with one attached hydrogen (secondary N) is 1. The fourth-order valence-corrected chi connectivity index (χ4v) is 2.72. The highest BCUT2D eigenvalue weighted by atomic mass is 79.9. The zero-order chi connectivity index (χ0) is 14.7. The van der Waals surface area contributed by atoms with Crippen LogP contribution >= 0.6 is 15.9 Å². The summed E-state index contributed by atoms with van der Waals surface area (Å²) in [7, 11) is 0. The predicted molar refractivity (Wildman–Crippen MR) is 76.4 cm³/mol.